The second-order valence-electron chi connectivity index (χ2n) is 5.32. The summed E-state index contributed by atoms with van der Waals surface area (Å²) in [5, 5.41) is 5.39. The number of hydrogen-bond donors (Lipinski definition) is 0. The summed E-state index contributed by atoms with van der Waals surface area (Å²) in [5.41, 5.74) is 0. The zero-order valence-electron chi connectivity index (χ0n) is 14.0. The van der Waals surface area contributed by atoms with Gasteiger partial charge in [-0.05, 0) is 0 Å². The molecule has 0 saturated heterocycles. The third kappa shape index (κ3) is 7.24. The maximum absolute atomic E-state index is 2.99. The topological polar surface area (TPSA) is 0 Å². The fourth-order valence-corrected chi connectivity index (χ4v) is 2.24. The van der Waals surface area contributed by atoms with Crippen LogP contribution in [0.15, 0.2) is 72.8 Å². The molecule has 1 aliphatic rings. The maximum Gasteiger partial charge on any atom is -0.0771 e. The summed E-state index contributed by atoms with van der Waals surface area (Å²) in [4.78, 5) is 0. The van der Waals surface area contributed by atoms with Gasteiger partial charge in [-0.3, -0.25) is 6.08 Å². The van der Waals surface area contributed by atoms with E-state index in [9.17, 15) is 0 Å². The van der Waals surface area contributed by atoms with Crippen LogP contribution in [0.3, 0.4) is 0 Å². The van der Waals surface area contributed by atoms with Crippen LogP contribution >= 0.6 is 24.8 Å². The third-order valence-electron chi connectivity index (χ3n) is 3.11. The van der Waals surface area contributed by atoms with Gasteiger partial charge in [0.05, 0.1) is 0 Å². The number of rotatable bonds is 0. The molecule has 0 saturated carbocycles. The number of fused-ring (bicyclic) bond motifs is 3. The summed E-state index contributed by atoms with van der Waals surface area (Å²) in [7, 11) is 0. The van der Waals surface area contributed by atoms with Crippen LogP contribution < -0.4 is 0 Å². The van der Waals surface area contributed by atoms with E-state index in [1.54, 1.807) is 0 Å². The summed E-state index contributed by atoms with van der Waals surface area (Å²) in [6.07, 6.45) is 10.0. The van der Waals surface area contributed by atoms with Crippen LogP contribution in [0.25, 0.3) is 21.5 Å². The zero-order chi connectivity index (χ0) is 15.8. The SMILES string of the molecule is C[C](C)=[Ti+2].Cl.Cl.[C-]1=CC=CC1.c1ccc2c(c1)[cH-]c1ccccc12. The molecule has 0 spiro atoms. The Balaban J connectivity index is 0.000000409. The van der Waals surface area contributed by atoms with E-state index in [0.717, 1.165) is 6.42 Å². The molecule has 0 N–H and O–H groups in total. The van der Waals surface area contributed by atoms with Gasteiger partial charge in [0, 0.05) is 0 Å². The molecule has 0 bridgehead atoms. The first-order chi connectivity index (χ1) is 10.7. The minimum Gasteiger partial charge on any atom is -0.273 e. The molecule has 0 atom stereocenters. The van der Waals surface area contributed by atoms with Gasteiger partial charge in [-0.1, -0.05) is 36.4 Å². The Morgan fingerprint density at radius 3 is 1.71 bits per heavy atom. The van der Waals surface area contributed by atoms with Gasteiger partial charge in [0.1, 0.15) is 0 Å². The number of benzene rings is 2. The molecule has 3 aromatic carbocycles. The van der Waals surface area contributed by atoms with Crippen molar-refractivity contribution in [3.05, 3.63) is 78.9 Å². The molecule has 3 heteroatoms. The molecule has 0 unspecified atom stereocenters. The molecule has 0 aliphatic heterocycles. The van der Waals surface area contributed by atoms with Gasteiger partial charge >= 0.3 is 37.6 Å². The molecule has 0 aromatic heterocycles. The van der Waals surface area contributed by atoms with Crippen molar-refractivity contribution in [1.82, 2.24) is 0 Å². The number of halogens is 2. The molecule has 0 heterocycles. The van der Waals surface area contributed by atoms with Crippen molar-refractivity contribution in [3.63, 3.8) is 0 Å². The number of allylic oxidation sites excluding steroid dienone is 4. The second-order valence-corrected chi connectivity index (χ2v) is 6.88. The Morgan fingerprint density at radius 1 is 0.917 bits per heavy atom. The summed E-state index contributed by atoms with van der Waals surface area (Å²) >= 11 is 2.08. The molecule has 124 valence electrons. The Labute approximate surface area is 168 Å². The molecule has 4 rings (SSSR count). The van der Waals surface area contributed by atoms with Gasteiger partial charge in [0.25, 0.3) is 0 Å². The van der Waals surface area contributed by atoms with E-state index < -0.39 is 0 Å². The van der Waals surface area contributed by atoms with Crippen LogP contribution in [-0.4, -0.2) is 3.81 Å². The van der Waals surface area contributed by atoms with Crippen molar-refractivity contribution in [2.24, 2.45) is 0 Å². The minimum atomic E-state index is 0. The van der Waals surface area contributed by atoms with Crippen molar-refractivity contribution in [1.29, 1.82) is 0 Å². The quantitative estimate of drug-likeness (QED) is 0.298. The van der Waals surface area contributed by atoms with E-state index in [4.69, 9.17) is 0 Å². The van der Waals surface area contributed by atoms with Crippen molar-refractivity contribution in [2.75, 3.05) is 0 Å². The molecule has 0 amide bonds. The van der Waals surface area contributed by atoms with E-state index in [2.05, 4.69) is 101 Å². The molecular formula is C21H22Cl2Ti. The summed E-state index contributed by atoms with van der Waals surface area (Å²) < 4.78 is 1.42. The van der Waals surface area contributed by atoms with E-state index in [0.29, 0.717) is 0 Å². The fourth-order valence-electron chi connectivity index (χ4n) is 2.24. The van der Waals surface area contributed by atoms with Gasteiger partial charge in [-0.25, -0.2) is 12.2 Å². The van der Waals surface area contributed by atoms with Gasteiger partial charge < -0.3 is 0 Å². The summed E-state index contributed by atoms with van der Waals surface area (Å²) in [6, 6.07) is 19.3. The standard InChI is InChI=1S/C13H9.C5H5.C3H6.2ClH.Ti/c1-3-7-12-10(5-1)9-11-6-2-4-8-13(11)12;1-2-4-5-3-1;1-3-2;;;/h1-9H;1-3H,4H2;1-2H3;2*1H;/q2*-1;;;;+2. The molecule has 0 radical (unpaired) electrons. The van der Waals surface area contributed by atoms with Crippen LogP contribution in [0, 0.1) is 6.08 Å². The van der Waals surface area contributed by atoms with E-state index in [-0.39, 0.29) is 24.8 Å². The zero-order valence-corrected chi connectivity index (χ0v) is 17.1. The van der Waals surface area contributed by atoms with Crippen LogP contribution in [0.2, 0.25) is 0 Å². The predicted molar refractivity (Wildman–Crippen MR) is 109 cm³/mol. The average Bonchev–Trinajstić information content (AvgIpc) is 3.18. The van der Waals surface area contributed by atoms with Crippen LogP contribution in [-0.2, 0) is 20.0 Å². The van der Waals surface area contributed by atoms with Gasteiger partial charge in [0.15, 0.2) is 0 Å². The molecule has 24 heavy (non-hydrogen) atoms. The van der Waals surface area contributed by atoms with Crippen molar-refractivity contribution >= 4 is 50.2 Å². The monoisotopic (exact) mass is 392 g/mol. The van der Waals surface area contributed by atoms with Crippen molar-refractivity contribution < 1.29 is 20.0 Å². The first kappa shape index (κ1) is 23.0. The molecular weight excluding hydrogens is 371 g/mol. The van der Waals surface area contributed by atoms with Gasteiger partial charge in [0.2, 0.25) is 0 Å². The van der Waals surface area contributed by atoms with Crippen molar-refractivity contribution in [2.45, 2.75) is 20.3 Å². The third-order valence-corrected chi connectivity index (χ3v) is 3.11. The summed E-state index contributed by atoms with van der Waals surface area (Å²) in [5.74, 6) is 0. The van der Waals surface area contributed by atoms with Crippen LogP contribution in [0.4, 0.5) is 0 Å². The largest absolute Gasteiger partial charge is 0.273 e. The first-order valence-corrected chi connectivity index (χ1v) is 8.23. The van der Waals surface area contributed by atoms with Crippen LogP contribution in [0.1, 0.15) is 20.3 Å². The Hall–Kier alpha value is -1.05. The van der Waals surface area contributed by atoms with E-state index >= 15 is 0 Å². The normalized spacial score (nSPS) is 10.8. The van der Waals surface area contributed by atoms with Gasteiger partial charge in [-0.15, -0.1) is 71.0 Å². The molecule has 0 nitrogen and oxygen atoms in total. The molecule has 1 aliphatic carbocycles. The second kappa shape index (κ2) is 12.3. The molecule has 0 fully saturated rings. The first-order valence-electron chi connectivity index (χ1n) is 7.45. The molecule has 3 aromatic rings. The Bertz CT molecular complexity index is 748. The number of hydrogen-bond acceptors (Lipinski definition) is 0. The fraction of sp³-hybridized carbons (Fsp3) is 0.143. The minimum absolute atomic E-state index is 0. The predicted octanol–water partition coefficient (Wildman–Crippen LogP) is 6.61. The Kier molecular flexibility index (Phi) is 11.8. The van der Waals surface area contributed by atoms with Gasteiger partial charge in [-0.2, -0.15) is 6.08 Å². The van der Waals surface area contributed by atoms with Crippen molar-refractivity contribution in [3.8, 4) is 0 Å². The smallest absolute Gasteiger partial charge is 0.0771 e. The van der Waals surface area contributed by atoms with E-state index in [1.165, 1.54) is 25.4 Å². The van der Waals surface area contributed by atoms with Crippen LogP contribution in [0.5, 0.6) is 0 Å². The maximum atomic E-state index is 2.99. The average molecular weight is 393 g/mol. The Morgan fingerprint density at radius 2 is 1.38 bits per heavy atom. The van der Waals surface area contributed by atoms with E-state index in [1.807, 2.05) is 12.2 Å². The summed E-state index contributed by atoms with van der Waals surface area (Å²) in [6.45, 7) is 4.17.